The van der Waals surface area contributed by atoms with Crippen molar-refractivity contribution >= 4 is 34.9 Å². The second-order valence-electron chi connectivity index (χ2n) is 6.24. The number of thiazole rings is 1. The summed E-state index contributed by atoms with van der Waals surface area (Å²) in [6, 6.07) is 7.45. The summed E-state index contributed by atoms with van der Waals surface area (Å²) in [5.41, 5.74) is 2.56. The fourth-order valence-corrected chi connectivity index (χ4v) is 2.99. The zero-order valence-corrected chi connectivity index (χ0v) is 15.1. The Morgan fingerprint density at radius 3 is 2.60 bits per heavy atom. The standard InChI is InChI=1S/C19H21N3O2S/c1-12(20-18(23)10-9-17-11-25-13(2)21-17)14-5-7-16(8-6-14)22-19(24)15-3-4-15/h5-12,15H,3-4H2,1-2H3,(H,20,23)(H,22,24)/b10-9+. The van der Waals surface area contributed by atoms with E-state index in [2.05, 4.69) is 15.6 Å². The van der Waals surface area contributed by atoms with Gasteiger partial charge in [0.2, 0.25) is 11.8 Å². The lowest BCUT2D eigenvalue weighted by Crippen LogP contribution is -2.24. The normalized spacial score (nSPS) is 15.1. The van der Waals surface area contributed by atoms with Crippen molar-refractivity contribution in [1.29, 1.82) is 0 Å². The Bertz CT molecular complexity index is 791. The van der Waals surface area contributed by atoms with Crippen molar-refractivity contribution in [2.24, 2.45) is 5.92 Å². The van der Waals surface area contributed by atoms with E-state index >= 15 is 0 Å². The minimum atomic E-state index is -0.163. The van der Waals surface area contributed by atoms with Crippen LogP contribution in [-0.2, 0) is 9.59 Å². The number of carbonyl (C=O) groups is 2. The third-order valence-electron chi connectivity index (χ3n) is 4.03. The molecule has 0 spiro atoms. The van der Waals surface area contributed by atoms with Gasteiger partial charge in [0.05, 0.1) is 16.7 Å². The predicted octanol–water partition coefficient (Wildman–Crippen LogP) is 3.69. The summed E-state index contributed by atoms with van der Waals surface area (Å²) in [4.78, 5) is 28.1. The molecule has 1 atom stereocenters. The van der Waals surface area contributed by atoms with E-state index in [1.807, 2.05) is 43.5 Å². The summed E-state index contributed by atoms with van der Waals surface area (Å²) >= 11 is 1.55. The maximum Gasteiger partial charge on any atom is 0.244 e. The molecule has 3 rings (SSSR count). The van der Waals surface area contributed by atoms with E-state index in [1.165, 1.54) is 6.08 Å². The number of amides is 2. The Hall–Kier alpha value is -2.47. The fraction of sp³-hybridized carbons (Fsp3) is 0.316. The van der Waals surface area contributed by atoms with Crippen molar-refractivity contribution in [1.82, 2.24) is 10.3 Å². The monoisotopic (exact) mass is 355 g/mol. The van der Waals surface area contributed by atoms with Crippen LogP contribution in [0.3, 0.4) is 0 Å². The van der Waals surface area contributed by atoms with Crippen LogP contribution in [0.15, 0.2) is 35.7 Å². The van der Waals surface area contributed by atoms with Gasteiger partial charge in [-0.25, -0.2) is 4.98 Å². The molecule has 130 valence electrons. The molecular formula is C19H21N3O2S. The van der Waals surface area contributed by atoms with Crippen LogP contribution in [0.25, 0.3) is 6.08 Å². The number of hydrogen-bond donors (Lipinski definition) is 2. The van der Waals surface area contributed by atoms with Gasteiger partial charge < -0.3 is 10.6 Å². The van der Waals surface area contributed by atoms with Crippen molar-refractivity contribution in [3.8, 4) is 0 Å². The van der Waals surface area contributed by atoms with Crippen molar-refractivity contribution in [3.05, 3.63) is 52.0 Å². The number of carbonyl (C=O) groups excluding carboxylic acids is 2. The van der Waals surface area contributed by atoms with Gasteiger partial charge in [0.15, 0.2) is 0 Å². The Kier molecular flexibility index (Phi) is 5.28. The first-order valence-electron chi connectivity index (χ1n) is 8.33. The smallest absolute Gasteiger partial charge is 0.244 e. The topological polar surface area (TPSA) is 71.1 Å². The summed E-state index contributed by atoms with van der Waals surface area (Å²) in [5, 5.41) is 8.72. The minimum absolute atomic E-state index is 0.0940. The average Bonchev–Trinajstić information content (AvgIpc) is 3.36. The number of aryl methyl sites for hydroxylation is 1. The molecule has 1 unspecified atom stereocenters. The average molecular weight is 355 g/mol. The Labute approximate surface area is 151 Å². The first kappa shape index (κ1) is 17.4. The molecule has 0 saturated heterocycles. The van der Waals surface area contributed by atoms with Crippen LogP contribution in [0.1, 0.15) is 42.1 Å². The molecule has 1 heterocycles. The van der Waals surface area contributed by atoms with E-state index in [-0.39, 0.29) is 23.8 Å². The van der Waals surface area contributed by atoms with E-state index in [0.29, 0.717) is 0 Å². The molecule has 1 saturated carbocycles. The first-order valence-corrected chi connectivity index (χ1v) is 9.21. The zero-order chi connectivity index (χ0) is 17.8. The first-order chi connectivity index (χ1) is 12.0. The fourth-order valence-electron chi connectivity index (χ4n) is 2.41. The maximum atomic E-state index is 12.0. The van der Waals surface area contributed by atoms with Gasteiger partial charge in [-0.3, -0.25) is 9.59 Å². The van der Waals surface area contributed by atoms with E-state index in [1.54, 1.807) is 17.4 Å². The Morgan fingerprint density at radius 2 is 2.00 bits per heavy atom. The summed E-state index contributed by atoms with van der Waals surface area (Å²) in [6.45, 7) is 3.86. The number of nitrogens with one attached hydrogen (secondary N) is 2. The quantitative estimate of drug-likeness (QED) is 0.776. The van der Waals surface area contributed by atoms with Crippen molar-refractivity contribution in [2.45, 2.75) is 32.7 Å². The summed E-state index contributed by atoms with van der Waals surface area (Å²) in [6.07, 6.45) is 5.18. The molecule has 25 heavy (non-hydrogen) atoms. The van der Waals surface area contributed by atoms with Gasteiger partial charge in [-0.2, -0.15) is 0 Å². The molecular weight excluding hydrogens is 334 g/mol. The van der Waals surface area contributed by atoms with Crippen LogP contribution in [0.4, 0.5) is 5.69 Å². The summed E-state index contributed by atoms with van der Waals surface area (Å²) in [7, 11) is 0. The van der Waals surface area contributed by atoms with Crippen molar-refractivity contribution in [2.75, 3.05) is 5.32 Å². The highest BCUT2D eigenvalue weighted by atomic mass is 32.1. The highest BCUT2D eigenvalue weighted by Crippen LogP contribution is 2.30. The van der Waals surface area contributed by atoms with Gasteiger partial charge >= 0.3 is 0 Å². The second-order valence-corrected chi connectivity index (χ2v) is 7.30. The van der Waals surface area contributed by atoms with Crippen LogP contribution in [-0.4, -0.2) is 16.8 Å². The predicted molar refractivity (Wildman–Crippen MR) is 100 cm³/mol. The zero-order valence-electron chi connectivity index (χ0n) is 14.3. The summed E-state index contributed by atoms with van der Waals surface area (Å²) in [5.74, 6) is 0.118. The molecule has 1 aliphatic carbocycles. The van der Waals surface area contributed by atoms with Gasteiger partial charge in [-0.1, -0.05) is 12.1 Å². The molecule has 6 heteroatoms. The van der Waals surface area contributed by atoms with Crippen LogP contribution in [0.2, 0.25) is 0 Å². The number of rotatable bonds is 6. The maximum absolute atomic E-state index is 12.0. The number of anilines is 1. The van der Waals surface area contributed by atoms with Gasteiger partial charge in [0, 0.05) is 23.1 Å². The van der Waals surface area contributed by atoms with E-state index in [0.717, 1.165) is 34.8 Å². The van der Waals surface area contributed by atoms with E-state index in [4.69, 9.17) is 0 Å². The molecule has 5 nitrogen and oxygen atoms in total. The largest absolute Gasteiger partial charge is 0.346 e. The Morgan fingerprint density at radius 1 is 1.28 bits per heavy atom. The number of nitrogens with zero attached hydrogens (tertiary/aromatic N) is 1. The minimum Gasteiger partial charge on any atom is -0.346 e. The lowest BCUT2D eigenvalue weighted by molar-refractivity contribution is -0.118. The number of aromatic nitrogens is 1. The molecule has 0 bridgehead atoms. The second kappa shape index (κ2) is 7.61. The van der Waals surface area contributed by atoms with Gasteiger partial charge in [-0.15, -0.1) is 11.3 Å². The van der Waals surface area contributed by atoms with Crippen LogP contribution in [0.5, 0.6) is 0 Å². The highest BCUT2D eigenvalue weighted by molar-refractivity contribution is 7.09. The van der Waals surface area contributed by atoms with E-state index < -0.39 is 0 Å². The number of hydrogen-bond acceptors (Lipinski definition) is 4. The Balaban J connectivity index is 1.53. The molecule has 2 N–H and O–H groups in total. The van der Waals surface area contributed by atoms with Gasteiger partial charge in [0.1, 0.15) is 0 Å². The highest BCUT2D eigenvalue weighted by Gasteiger charge is 2.29. The third kappa shape index (κ3) is 5.00. The van der Waals surface area contributed by atoms with Crippen LogP contribution < -0.4 is 10.6 Å². The molecule has 1 fully saturated rings. The molecule has 1 aliphatic rings. The molecule has 2 aromatic rings. The molecule has 1 aromatic heterocycles. The summed E-state index contributed by atoms with van der Waals surface area (Å²) < 4.78 is 0. The lowest BCUT2D eigenvalue weighted by atomic mass is 10.1. The molecule has 0 radical (unpaired) electrons. The SMILES string of the molecule is Cc1nc(/C=C/C(=O)NC(C)c2ccc(NC(=O)C3CC3)cc2)cs1. The molecule has 0 aliphatic heterocycles. The molecule has 1 aromatic carbocycles. The van der Waals surface area contributed by atoms with Crippen LogP contribution in [0, 0.1) is 12.8 Å². The van der Waals surface area contributed by atoms with Crippen molar-refractivity contribution in [3.63, 3.8) is 0 Å². The lowest BCUT2D eigenvalue weighted by Gasteiger charge is -2.14. The number of benzene rings is 1. The van der Waals surface area contributed by atoms with Crippen molar-refractivity contribution < 1.29 is 9.59 Å². The third-order valence-corrected chi connectivity index (χ3v) is 4.82. The van der Waals surface area contributed by atoms with Gasteiger partial charge in [0.25, 0.3) is 0 Å². The van der Waals surface area contributed by atoms with E-state index in [9.17, 15) is 9.59 Å². The molecule has 2 amide bonds. The van der Waals surface area contributed by atoms with Crippen LogP contribution >= 0.6 is 11.3 Å². The van der Waals surface area contributed by atoms with Gasteiger partial charge in [-0.05, 0) is 50.5 Å².